The van der Waals surface area contributed by atoms with Crippen molar-refractivity contribution in [1.82, 2.24) is 4.98 Å². The molecule has 0 spiro atoms. The van der Waals surface area contributed by atoms with Gasteiger partial charge >= 0.3 is 0 Å². The summed E-state index contributed by atoms with van der Waals surface area (Å²) in [6.45, 7) is 0. The molecule has 0 unspecified atom stereocenters. The predicted octanol–water partition coefficient (Wildman–Crippen LogP) is 5.30. The standard InChI is InChI=1S/C15H13Cl3N2OS/c16-11-4-3-10(8-12(11)17)9-22-7-5-14(21)20-13-2-1-6-19-15(13)18/h1-4,6,8H,5,7,9H2,(H,20,21). The maximum absolute atomic E-state index is 11.8. The van der Waals surface area contributed by atoms with Gasteiger partial charge in [-0.1, -0.05) is 40.9 Å². The number of amides is 1. The van der Waals surface area contributed by atoms with Crippen molar-refractivity contribution in [3.63, 3.8) is 0 Å². The first-order chi connectivity index (χ1) is 10.6. The van der Waals surface area contributed by atoms with Gasteiger partial charge in [-0.2, -0.15) is 11.8 Å². The number of rotatable bonds is 6. The molecular formula is C15H13Cl3N2OS. The van der Waals surface area contributed by atoms with Gasteiger partial charge in [0, 0.05) is 24.1 Å². The third-order valence-electron chi connectivity index (χ3n) is 2.76. The number of aromatic nitrogens is 1. The lowest BCUT2D eigenvalue weighted by Gasteiger charge is -2.06. The van der Waals surface area contributed by atoms with Gasteiger partial charge in [-0.25, -0.2) is 4.98 Å². The van der Waals surface area contributed by atoms with Gasteiger partial charge < -0.3 is 5.32 Å². The maximum atomic E-state index is 11.8. The second-order valence-corrected chi connectivity index (χ2v) is 6.72. The zero-order chi connectivity index (χ0) is 15.9. The fraction of sp³-hybridized carbons (Fsp3) is 0.200. The molecule has 1 heterocycles. The molecule has 1 aromatic carbocycles. The Morgan fingerprint density at radius 3 is 2.73 bits per heavy atom. The minimum atomic E-state index is -0.0865. The minimum Gasteiger partial charge on any atom is -0.323 e. The van der Waals surface area contributed by atoms with Gasteiger partial charge in [0.15, 0.2) is 5.15 Å². The molecule has 0 fully saturated rings. The number of carbonyl (C=O) groups is 1. The Bertz CT molecular complexity index is 667. The topological polar surface area (TPSA) is 42.0 Å². The van der Waals surface area contributed by atoms with E-state index in [4.69, 9.17) is 34.8 Å². The number of hydrogen-bond acceptors (Lipinski definition) is 3. The Hall–Kier alpha value is -0.940. The molecule has 0 aliphatic carbocycles. The number of halogens is 3. The Labute approximate surface area is 148 Å². The van der Waals surface area contributed by atoms with Crippen LogP contribution in [0.1, 0.15) is 12.0 Å². The van der Waals surface area contributed by atoms with Crippen molar-refractivity contribution < 1.29 is 4.79 Å². The molecule has 22 heavy (non-hydrogen) atoms. The zero-order valence-corrected chi connectivity index (χ0v) is 14.6. The average molecular weight is 376 g/mol. The van der Waals surface area contributed by atoms with Crippen LogP contribution in [0.4, 0.5) is 5.69 Å². The van der Waals surface area contributed by atoms with Crippen molar-refractivity contribution in [2.24, 2.45) is 0 Å². The van der Waals surface area contributed by atoms with Crippen molar-refractivity contribution in [3.05, 3.63) is 57.3 Å². The van der Waals surface area contributed by atoms with Gasteiger partial charge in [0.1, 0.15) is 0 Å². The smallest absolute Gasteiger partial charge is 0.225 e. The lowest BCUT2D eigenvalue weighted by atomic mass is 10.2. The fourth-order valence-electron chi connectivity index (χ4n) is 1.68. The van der Waals surface area contributed by atoms with E-state index in [2.05, 4.69) is 10.3 Å². The minimum absolute atomic E-state index is 0.0865. The van der Waals surface area contributed by atoms with E-state index in [0.717, 1.165) is 11.3 Å². The molecule has 1 N–H and O–H groups in total. The first kappa shape index (κ1) is 17.4. The SMILES string of the molecule is O=C(CCSCc1ccc(Cl)c(Cl)c1)Nc1cccnc1Cl. The van der Waals surface area contributed by atoms with Crippen LogP contribution < -0.4 is 5.32 Å². The highest BCUT2D eigenvalue weighted by molar-refractivity contribution is 7.98. The highest BCUT2D eigenvalue weighted by Gasteiger charge is 2.06. The summed E-state index contributed by atoms with van der Waals surface area (Å²) in [5.74, 6) is 1.39. The maximum Gasteiger partial charge on any atom is 0.225 e. The first-order valence-electron chi connectivity index (χ1n) is 6.48. The first-order valence-corrected chi connectivity index (χ1v) is 8.77. The quantitative estimate of drug-likeness (QED) is 0.550. The summed E-state index contributed by atoms with van der Waals surface area (Å²) >= 11 is 19.4. The molecule has 0 radical (unpaired) electrons. The van der Waals surface area contributed by atoms with Crippen molar-refractivity contribution in [2.75, 3.05) is 11.1 Å². The van der Waals surface area contributed by atoms with E-state index in [1.807, 2.05) is 12.1 Å². The summed E-state index contributed by atoms with van der Waals surface area (Å²) in [4.78, 5) is 15.7. The van der Waals surface area contributed by atoms with E-state index in [9.17, 15) is 4.79 Å². The summed E-state index contributed by atoms with van der Waals surface area (Å²) in [7, 11) is 0. The number of benzene rings is 1. The Morgan fingerprint density at radius 1 is 1.18 bits per heavy atom. The number of nitrogens with zero attached hydrogens (tertiary/aromatic N) is 1. The van der Waals surface area contributed by atoms with Gasteiger partial charge in [-0.05, 0) is 29.8 Å². The fourth-order valence-corrected chi connectivity index (χ4v) is 3.05. The number of pyridine rings is 1. The van der Waals surface area contributed by atoms with Crippen LogP contribution in [-0.4, -0.2) is 16.6 Å². The molecule has 0 saturated carbocycles. The molecule has 0 bridgehead atoms. The van der Waals surface area contributed by atoms with Crippen LogP contribution in [0.5, 0.6) is 0 Å². The summed E-state index contributed by atoms with van der Waals surface area (Å²) in [6.07, 6.45) is 1.97. The van der Waals surface area contributed by atoms with Gasteiger partial charge in [-0.3, -0.25) is 4.79 Å². The Morgan fingerprint density at radius 2 is 2.00 bits per heavy atom. The summed E-state index contributed by atoms with van der Waals surface area (Å²) in [5, 5.41) is 4.12. The number of carbonyl (C=O) groups excluding carboxylic acids is 1. The molecule has 2 rings (SSSR count). The van der Waals surface area contributed by atoms with Crippen LogP contribution in [-0.2, 0) is 10.5 Å². The summed E-state index contributed by atoms with van der Waals surface area (Å²) < 4.78 is 0. The van der Waals surface area contributed by atoms with Crippen LogP contribution >= 0.6 is 46.6 Å². The number of anilines is 1. The highest BCUT2D eigenvalue weighted by Crippen LogP contribution is 2.25. The van der Waals surface area contributed by atoms with Gasteiger partial charge in [0.05, 0.1) is 15.7 Å². The van der Waals surface area contributed by atoms with Crippen LogP contribution in [0.15, 0.2) is 36.5 Å². The number of thioether (sulfide) groups is 1. The predicted molar refractivity (Wildman–Crippen MR) is 95.1 cm³/mol. The summed E-state index contributed by atoms with van der Waals surface area (Å²) in [6, 6.07) is 8.98. The van der Waals surface area contributed by atoms with Gasteiger partial charge in [0.25, 0.3) is 0 Å². The van der Waals surface area contributed by atoms with E-state index in [1.165, 1.54) is 0 Å². The van der Waals surface area contributed by atoms with Crippen LogP contribution in [0, 0.1) is 0 Å². The molecule has 2 aromatic rings. The third-order valence-corrected chi connectivity index (χ3v) is 4.83. The van der Waals surface area contributed by atoms with Crippen molar-refractivity contribution in [1.29, 1.82) is 0 Å². The van der Waals surface area contributed by atoms with E-state index < -0.39 is 0 Å². The molecule has 7 heteroatoms. The normalized spacial score (nSPS) is 10.5. The van der Waals surface area contributed by atoms with E-state index >= 15 is 0 Å². The van der Waals surface area contributed by atoms with E-state index in [1.54, 1.807) is 36.2 Å². The molecule has 0 aliphatic heterocycles. The molecule has 3 nitrogen and oxygen atoms in total. The molecule has 0 aliphatic rings. The molecule has 0 saturated heterocycles. The zero-order valence-electron chi connectivity index (χ0n) is 11.5. The van der Waals surface area contributed by atoms with Crippen LogP contribution in [0.25, 0.3) is 0 Å². The molecule has 116 valence electrons. The van der Waals surface area contributed by atoms with E-state index in [-0.39, 0.29) is 5.91 Å². The largest absolute Gasteiger partial charge is 0.323 e. The molecule has 1 amide bonds. The van der Waals surface area contributed by atoms with Crippen molar-refractivity contribution in [3.8, 4) is 0 Å². The second kappa shape index (κ2) is 8.63. The number of nitrogens with one attached hydrogen (secondary N) is 1. The molecular weight excluding hydrogens is 363 g/mol. The van der Waals surface area contributed by atoms with Crippen molar-refractivity contribution >= 4 is 58.2 Å². The Balaban J connectivity index is 1.73. The Kier molecular flexibility index (Phi) is 6.83. The highest BCUT2D eigenvalue weighted by atomic mass is 35.5. The van der Waals surface area contributed by atoms with E-state index in [0.29, 0.717) is 33.1 Å². The van der Waals surface area contributed by atoms with Crippen LogP contribution in [0.3, 0.4) is 0 Å². The lowest BCUT2D eigenvalue weighted by molar-refractivity contribution is -0.115. The van der Waals surface area contributed by atoms with Crippen molar-refractivity contribution in [2.45, 2.75) is 12.2 Å². The van der Waals surface area contributed by atoms with Crippen LogP contribution in [0.2, 0.25) is 15.2 Å². The number of hydrogen-bond donors (Lipinski definition) is 1. The lowest BCUT2D eigenvalue weighted by Crippen LogP contribution is -2.12. The average Bonchev–Trinajstić information content (AvgIpc) is 2.49. The molecule has 1 aromatic heterocycles. The summed E-state index contributed by atoms with van der Waals surface area (Å²) in [5.41, 5.74) is 1.61. The second-order valence-electron chi connectivity index (χ2n) is 4.44. The third kappa shape index (κ3) is 5.36. The van der Waals surface area contributed by atoms with Gasteiger partial charge in [-0.15, -0.1) is 0 Å². The molecule has 0 atom stereocenters. The monoisotopic (exact) mass is 374 g/mol. The van der Waals surface area contributed by atoms with Gasteiger partial charge in [0.2, 0.25) is 5.91 Å².